The molecule has 0 radical (unpaired) electrons. The normalized spacial score (nSPS) is 21.6. The van der Waals surface area contributed by atoms with Crippen LogP contribution in [0.4, 0.5) is 5.82 Å². The fourth-order valence-corrected chi connectivity index (χ4v) is 3.30. The van der Waals surface area contributed by atoms with Crippen LogP contribution in [0.3, 0.4) is 0 Å². The van der Waals surface area contributed by atoms with Crippen molar-refractivity contribution in [1.29, 1.82) is 0 Å². The van der Waals surface area contributed by atoms with Gasteiger partial charge in [0.2, 0.25) is 0 Å². The molecule has 2 heterocycles. The highest BCUT2D eigenvalue weighted by Gasteiger charge is 2.34. The van der Waals surface area contributed by atoms with E-state index in [0.717, 1.165) is 36.7 Å². The predicted molar refractivity (Wildman–Crippen MR) is 89.7 cm³/mol. The Labute approximate surface area is 135 Å². The number of amides is 1. The number of nitrogens with one attached hydrogen (secondary N) is 1. The average Bonchev–Trinajstić information content (AvgIpc) is 2.86. The van der Waals surface area contributed by atoms with Crippen molar-refractivity contribution in [3.63, 3.8) is 0 Å². The van der Waals surface area contributed by atoms with Gasteiger partial charge in [0.05, 0.1) is 5.56 Å². The summed E-state index contributed by atoms with van der Waals surface area (Å²) in [5.74, 6) is 0.790. The Balaban J connectivity index is 2.30. The van der Waals surface area contributed by atoms with Gasteiger partial charge in [0.1, 0.15) is 5.82 Å². The lowest BCUT2D eigenvalue weighted by atomic mass is 10.1. The van der Waals surface area contributed by atoms with Crippen LogP contribution in [0, 0.1) is 0 Å². The zero-order valence-electron chi connectivity index (χ0n) is 13.0. The Hall–Kier alpha value is -1.10. The molecule has 2 atom stereocenters. The van der Waals surface area contributed by atoms with Crippen LogP contribution in [0.25, 0.3) is 0 Å². The van der Waals surface area contributed by atoms with E-state index in [4.69, 9.17) is 0 Å². The van der Waals surface area contributed by atoms with Crippen LogP contribution in [0.2, 0.25) is 0 Å². The van der Waals surface area contributed by atoms with E-state index >= 15 is 0 Å². The average molecular weight is 354 g/mol. The number of anilines is 1. The van der Waals surface area contributed by atoms with Gasteiger partial charge in [-0.1, -0.05) is 13.8 Å². The summed E-state index contributed by atoms with van der Waals surface area (Å²) in [6, 6.07) is 2.54. The lowest BCUT2D eigenvalue weighted by molar-refractivity contribution is 0.0677. The summed E-state index contributed by atoms with van der Waals surface area (Å²) in [5, 5.41) is 3.26. The van der Waals surface area contributed by atoms with Crippen molar-refractivity contribution in [2.24, 2.45) is 0 Å². The summed E-state index contributed by atoms with van der Waals surface area (Å²) in [6.45, 7) is 7.21. The second kappa shape index (κ2) is 7.25. The molecule has 0 aromatic carbocycles. The third-order valence-corrected chi connectivity index (χ3v) is 4.55. The number of carbonyl (C=O) groups excluding carboxylic acids is 1. The highest BCUT2D eigenvalue weighted by Crippen LogP contribution is 2.30. The van der Waals surface area contributed by atoms with Crippen molar-refractivity contribution in [3.8, 4) is 0 Å². The van der Waals surface area contributed by atoms with Crippen molar-refractivity contribution >= 4 is 27.7 Å². The molecule has 2 rings (SSSR count). The quantitative estimate of drug-likeness (QED) is 0.867. The molecule has 2 unspecified atom stereocenters. The van der Waals surface area contributed by atoms with E-state index in [9.17, 15) is 4.79 Å². The fourth-order valence-electron chi connectivity index (χ4n) is 2.96. The van der Waals surface area contributed by atoms with Crippen LogP contribution in [0.1, 0.15) is 56.8 Å². The van der Waals surface area contributed by atoms with Gasteiger partial charge in [-0.2, -0.15) is 0 Å². The van der Waals surface area contributed by atoms with Crippen molar-refractivity contribution in [2.75, 3.05) is 11.9 Å². The number of halogens is 1. The molecular formula is C16H24BrN3O. The first-order valence-electron chi connectivity index (χ1n) is 7.80. The maximum Gasteiger partial charge on any atom is 0.258 e. The van der Waals surface area contributed by atoms with Crippen molar-refractivity contribution in [2.45, 2.75) is 58.5 Å². The van der Waals surface area contributed by atoms with Crippen LogP contribution >= 0.6 is 15.9 Å². The number of rotatable bonds is 5. The van der Waals surface area contributed by atoms with E-state index in [1.165, 1.54) is 0 Å². The molecule has 1 N–H and O–H groups in total. The zero-order valence-corrected chi connectivity index (χ0v) is 14.6. The second-order valence-electron chi connectivity index (χ2n) is 5.68. The predicted octanol–water partition coefficient (Wildman–Crippen LogP) is 4.07. The van der Waals surface area contributed by atoms with Gasteiger partial charge in [0.15, 0.2) is 0 Å². The summed E-state index contributed by atoms with van der Waals surface area (Å²) in [6.07, 6.45) is 5.93. The minimum absolute atomic E-state index is 0.0965. The summed E-state index contributed by atoms with van der Waals surface area (Å²) in [4.78, 5) is 19.4. The first-order valence-corrected chi connectivity index (χ1v) is 8.59. The number of aromatic nitrogens is 1. The molecular weight excluding hydrogens is 330 g/mol. The zero-order chi connectivity index (χ0) is 15.4. The Morgan fingerprint density at radius 3 is 2.90 bits per heavy atom. The molecule has 1 aromatic rings. The van der Waals surface area contributed by atoms with Crippen LogP contribution in [-0.4, -0.2) is 34.4 Å². The molecule has 1 fully saturated rings. The van der Waals surface area contributed by atoms with Crippen LogP contribution in [0.5, 0.6) is 0 Å². The molecule has 0 spiro atoms. The number of hydrogen-bond donors (Lipinski definition) is 1. The number of hydrogen-bond acceptors (Lipinski definition) is 3. The molecule has 0 saturated carbocycles. The van der Waals surface area contributed by atoms with Gasteiger partial charge < -0.3 is 10.2 Å². The minimum Gasteiger partial charge on any atom is -0.369 e. The molecule has 4 nitrogen and oxygen atoms in total. The standard InChI is InChI=1S/C16H24BrN3O/c1-4-8-18-15-14(9-12(17)10-19-15)16(21)20-11(3)6-7-13(20)5-2/h9-11,13H,4-8H2,1-3H3,(H,18,19). The van der Waals surface area contributed by atoms with Gasteiger partial charge in [-0.25, -0.2) is 4.98 Å². The van der Waals surface area contributed by atoms with Crippen molar-refractivity contribution in [1.82, 2.24) is 9.88 Å². The molecule has 1 aliphatic heterocycles. The third-order valence-electron chi connectivity index (χ3n) is 4.12. The molecule has 0 bridgehead atoms. The van der Waals surface area contributed by atoms with E-state index < -0.39 is 0 Å². The van der Waals surface area contributed by atoms with Gasteiger partial charge >= 0.3 is 0 Å². The number of carbonyl (C=O) groups is 1. The second-order valence-corrected chi connectivity index (χ2v) is 6.59. The van der Waals surface area contributed by atoms with Crippen LogP contribution < -0.4 is 5.32 Å². The number of pyridine rings is 1. The monoisotopic (exact) mass is 353 g/mol. The van der Waals surface area contributed by atoms with Gasteiger partial charge in [0, 0.05) is 29.3 Å². The van der Waals surface area contributed by atoms with E-state index in [-0.39, 0.29) is 5.91 Å². The van der Waals surface area contributed by atoms with E-state index in [1.54, 1.807) is 6.20 Å². The molecule has 1 amide bonds. The Bertz CT molecular complexity index is 506. The summed E-state index contributed by atoms with van der Waals surface area (Å²) < 4.78 is 0.841. The molecule has 116 valence electrons. The third kappa shape index (κ3) is 3.57. The minimum atomic E-state index is 0.0965. The maximum atomic E-state index is 13.0. The Morgan fingerprint density at radius 1 is 1.48 bits per heavy atom. The summed E-state index contributed by atoms with van der Waals surface area (Å²) in [7, 11) is 0. The van der Waals surface area contributed by atoms with Gasteiger partial charge in [-0.05, 0) is 54.6 Å². The van der Waals surface area contributed by atoms with E-state index in [2.05, 4.69) is 47.0 Å². The van der Waals surface area contributed by atoms with Crippen LogP contribution in [-0.2, 0) is 0 Å². The molecule has 5 heteroatoms. The fraction of sp³-hybridized carbons (Fsp3) is 0.625. The SMILES string of the molecule is CCCNc1ncc(Br)cc1C(=O)N1C(C)CCC1CC. The lowest BCUT2D eigenvalue weighted by Gasteiger charge is -2.28. The van der Waals surface area contributed by atoms with Gasteiger partial charge in [-0.3, -0.25) is 4.79 Å². The Kier molecular flexibility index (Phi) is 5.62. The molecule has 1 aromatic heterocycles. The van der Waals surface area contributed by atoms with E-state index in [0.29, 0.717) is 23.5 Å². The molecule has 0 aliphatic carbocycles. The van der Waals surface area contributed by atoms with E-state index in [1.807, 2.05) is 11.0 Å². The molecule has 21 heavy (non-hydrogen) atoms. The molecule has 1 aliphatic rings. The van der Waals surface area contributed by atoms with Crippen LogP contribution in [0.15, 0.2) is 16.7 Å². The van der Waals surface area contributed by atoms with Crippen molar-refractivity contribution < 1.29 is 4.79 Å². The van der Waals surface area contributed by atoms with Gasteiger partial charge in [0.25, 0.3) is 5.91 Å². The molecule has 1 saturated heterocycles. The highest BCUT2D eigenvalue weighted by molar-refractivity contribution is 9.10. The van der Waals surface area contributed by atoms with Gasteiger partial charge in [-0.15, -0.1) is 0 Å². The maximum absolute atomic E-state index is 13.0. The number of likely N-dealkylation sites (tertiary alicyclic amines) is 1. The largest absolute Gasteiger partial charge is 0.369 e. The Morgan fingerprint density at radius 2 is 2.24 bits per heavy atom. The highest BCUT2D eigenvalue weighted by atomic mass is 79.9. The topological polar surface area (TPSA) is 45.2 Å². The summed E-state index contributed by atoms with van der Waals surface area (Å²) >= 11 is 3.43. The van der Waals surface area contributed by atoms with Crippen molar-refractivity contribution in [3.05, 3.63) is 22.3 Å². The first-order chi connectivity index (χ1) is 10.1. The lowest BCUT2D eigenvalue weighted by Crippen LogP contribution is -2.40. The number of nitrogens with zero attached hydrogens (tertiary/aromatic N) is 2. The smallest absolute Gasteiger partial charge is 0.258 e. The summed E-state index contributed by atoms with van der Waals surface area (Å²) in [5.41, 5.74) is 0.671. The first kappa shape index (κ1) is 16.3.